The zero-order valence-corrected chi connectivity index (χ0v) is 12.4. The van der Waals surface area contributed by atoms with Crippen LogP contribution in [0.4, 0.5) is 23.3 Å². The van der Waals surface area contributed by atoms with Crippen molar-refractivity contribution in [1.82, 2.24) is 9.97 Å². The molecule has 102 valence electrons. The summed E-state index contributed by atoms with van der Waals surface area (Å²) >= 11 is 3.41. The minimum Gasteiger partial charge on any atom is -0.370 e. The maximum atomic E-state index is 8.84. The van der Waals surface area contributed by atoms with E-state index in [9.17, 15) is 0 Å². The average molecular weight is 333 g/mol. The number of hydrogen-bond donors (Lipinski definition) is 3. The lowest BCUT2D eigenvalue weighted by molar-refractivity contribution is 1.12. The standard InChI is InChI=1S/C13H13BrN6/c1-2-17-11-6-12(20-13(16)19-11)18-10-4-3-8(7-15)5-9(10)14/h3-6H,2H2,1H3,(H4,16,17,18,19,20). The molecule has 0 aliphatic rings. The van der Waals surface area contributed by atoms with E-state index in [4.69, 9.17) is 11.0 Å². The van der Waals surface area contributed by atoms with E-state index in [-0.39, 0.29) is 5.95 Å². The van der Waals surface area contributed by atoms with Gasteiger partial charge in [0.05, 0.1) is 17.3 Å². The maximum absolute atomic E-state index is 8.84. The van der Waals surface area contributed by atoms with Crippen LogP contribution in [0.3, 0.4) is 0 Å². The number of anilines is 4. The van der Waals surface area contributed by atoms with E-state index < -0.39 is 0 Å². The Hall–Kier alpha value is -2.33. The lowest BCUT2D eigenvalue weighted by Crippen LogP contribution is -2.05. The number of halogens is 1. The first-order valence-electron chi connectivity index (χ1n) is 5.97. The van der Waals surface area contributed by atoms with Crippen LogP contribution in [0.1, 0.15) is 12.5 Å². The van der Waals surface area contributed by atoms with Gasteiger partial charge in [-0.15, -0.1) is 0 Å². The van der Waals surface area contributed by atoms with Gasteiger partial charge in [-0.25, -0.2) is 0 Å². The zero-order chi connectivity index (χ0) is 14.5. The van der Waals surface area contributed by atoms with E-state index in [1.807, 2.05) is 6.92 Å². The summed E-state index contributed by atoms with van der Waals surface area (Å²) in [6.45, 7) is 2.72. The summed E-state index contributed by atoms with van der Waals surface area (Å²) in [5.74, 6) is 1.43. The molecule has 0 saturated carbocycles. The van der Waals surface area contributed by atoms with Crippen LogP contribution in [0, 0.1) is 11.3 Å². The second-order valence-electron chi connectivity index (χ2n) is 3.96. The average Bonchev–Trinajstić information content (AvgIpc) is 2.41. The fourth-order valence-electron chi connectivity index (χ4n) is 1.63. The number of aromatic nitrogens is 2. The monoisotopic (exact) mass is 332 g/mol. The van der Waals surface area contributed by atoms with E-state index >= 15 is 0 Å². The fraction of sp³-hybridized carbons (Fsp3) is 0.154. The molecular formula is C13H13BrN6. The van der Waals surface area contributed by atoms with Crippen molar-refractivity contribution in [2.75, 3.05) is 22.9 Å². The normalized spacial score (nSPS) is 9.85. The Morgan fingerprint density at radius 3 is 2.70 bits per heavy atom. The van der Waals surface area contributed by atoms with Crippen LogP contribution >= 0.6 is 15.9 Å². The summed E-state index contributed by atoms with van der Waals surface area (Å²) in [5.41, 5.74) is 7.05. The quantitative estimate of drug-likeness (QED) is 0.796. The maximum Gasteiger partial charge on any atom is 0.223 e. The number of nitriles is 1. The molecule has 0 saturated heterocycles. The fourth-order valence-corrected chi connectivity index (χ4v) is 2.10. The first kappa shape index (κ1) is 14.1. The molecule has 1 aromatic carbocycles. The number of benzene rings is 1. The lowest BCUT2D eigenvalue weighted by atomic mass is 10.2. The van der Waals surface area contributed by atoms with E-state index in [0.717, 1.165) is 16.7 Å². The number of hydrogen-bond acceptors (Lipinski definition) is 6. The predicted molar refractivity (Wildman–Crippen MR) is 82.7 cm³/mol. The van der Waals surface area contributed by atoms with Crippen molar-refractivity contribution in [3.8, 4) is 6.07 Å². The molecule has 1 aromatic heterocycles. The molecule has 0 aliphatic carbocycles. The largest absolute Gasteiger partial charge is 0.370 e. The summed E-state index contributed by atoms with van der Waals surface area (Å²) < 4.78 is 0.777. The highest BCUT2D eigenvalue weighted by Crippen LogP contribution is 2.27. The minimum atomic E-state index is 0.190. The highest BCUT2D eigenvalue weighted by Gasteiger charge is 2.05. The molecule has 0 fully saturated rings. The van der Waals surface area contributed by atoms with Gasteiger partial charge in [-0.2, -0.15) is 15.2 Å². The SMILES string of the molecule is CCNc1cc(Nc2ccc(C#N)cc2Br)nc(N)n1. The van der Waals surface area contributed by atoms with Gasteiger partial charge in [-0.1, -0.05) is 0 Å². The molecule has 0 bridgehead atoms. The van der Waals surface area contributed by atoms with Gasteiger partial charge in [-0.3, -0.25) is 0 Å². The molecule has 0 atom stereocenters. The number of nitrogens with zero attached hydrogens (tertiary/aromatic N) is 3. The van der Waals surface area contributed by atoms with Crippen molar-refractivity contribution in [3.63, 3.8) is 0 Å². The third kappa shape index (κ3) is 3.36. The second-order valence-corrected chi connectivity index (χ2v) is 4.81. The van der Waals surface area contributed by atoms with Gasteiger partial charge in [0.15, 0.2) is 0 Å². The molecule has 7 heteroatoms. The zero-order valence-electron chi connectivity index (χ0n) is 10.8. The molecule has 20 heavy (non-hydrogen) atoms. The Labute approximate surface area is 125 Å². The molecule has 0 spiro atoms. The Bertz CT molecular complexity index is 664. The topological polar surface area (TPSA) is 99.6 Å². The molecular weight excluding hydrogens is 320 g/mol. The Kier molecular flexibility index (Phi) is 4.38. The summed E-state index contributed by atoms with van der Waals surface area (Å²) in [4.78, 5) is 8.20. The van der Waals surface area contributed by atoms with Crippen molar-refractivity contribution in [2.24, 2.45) is 0 Å². The predicted octanol–water partition coefficient (Wildman–Crippen LogP) is 2.87. The Morgan fingerprint density at radius 1 is 1.30 bits per heavy atom. The van der Waals surface area contributed by atoms with E-state index in [2.05, 4.69) is 42.6 Å². The van der Waals surface area contributed by atoms with Crippen LogP contribution in [0.5, 0.6) is 0 Å². The van der Waals surface area contributed by atoms with Crippen LogP contribution in [0.2, 0.25) is 0 Å². The van der Waals surface area contributed by atoms with Crippen molar-refractivity contribution >= 4 is 39.2 Å². The highest BCUT2D eigenvalue weighted by molar-refractivity contribution is 9.10. The van der Waals surface area contributed by atoms with Crippen molar-refractivity contribution < 1.29 is 0 Å². The van der Waals surface area contributed by atoms with Gasteiger partial charge in [-0.05, 0) is 41.1 Å². The van der Waals surface area contributed by atoms with Crippen LogP contribution in [-0.2, 0) is 0 Å². The van der Waals surface area contributed by atoms with Gasteiger partial charge in [0.2, 0.25) is 5.95 Å². The molecule has 0 amide bonds. The first-order chi connectivity index (χ1) is 9.62. The molecule has 6 nitrogen and oxygen atoms in total. The molecule has 1 heterocycles. The van der Waals surface area contributed by atoms with Gasteiger partial charge < -0.3 is 16.4 Å². The molecule has 4 N–H and O–H groups in total. The van der Waals surface area contributed by atoms with E-state index in [1.165, 1.54) is 0 Å². The molecule has 0 aliphatic heterocycles. The number of nitrogen functional groups attached to an aromatic ring is 1. The van der Waals surface area contributed by atoms with E-state index in [0.29, 0.717) is 17.2 Å². The molecule has 2 aromatic rings. The van der Waals surface area contributed by atoms with Gasteiger partial charge in [0, 0.05) is 17.1 Å². The molecule has 0 radical (unpaired) electrons. The van der Waals surface area contributed by atoms with Crippen molar-refractivity contribution in [3.05, 3.63) is 34.3 Å². The first-order valence-corrected chi connectivity index (χ1v) is 6.76. The van der Waals surface area contributed by atoms with Gasteiger partial charge in [0.1, 0.15) is 11.6 Å². The minimum absolute atomic E-state index is 0.190. The van der Waals surface area contributed by atoms with Crippen LogP contribution in [0.25, 0.3) is 0 Å². The Balaban J connectivity index is 2.28. The van der Waals surface area contributed by atoms with Crippen molar-refractivity contribution in [1.29, 1.82) is 5.26 Å². The summed E-state index contributed by atoms with van der Waals surface area (Å²) in [7, 11) is 0. The van der Waals surface area contributed by atoms with Crippen molar-refractivity contribution in [2.45, 2.75) is 6.92 Å². The summed E-state index contributed by atoms with van der Waals surface area (Å²) in [5, 5.41) is 15.1. The Morgan fingerprint density at radius 2 is 2.05 bits per heavy atom. The number of nitrogens with one attached hydrogen (secondary N) is 2. The smallest absolute Gasteiger partial charge is 0.223 e. The third-order valence-corrected chi connectivity index (χ3v) is 3.12. The van der Waals surface area contributed by atoms with Gasteiger partial charge >= 0.3 is 0 Å². The lowest BCUT2D eigenvalue weighted by Gasteiger charge is -2.10. The van der Waals surface area contributed by atoms with Crippen LogP contribution in [0.15, 0.2) is 28.7 Å². The van der Waals surface area contributed by atoms with Crippen LogP contribution < -0.4 is 16.4 Å². The van der Waals surface area contributed by atoms with E-state index in [1.54, 1.807) is 24.3 Å². The second kappa shape index (κ2) is 6.21. The molecule has 2 rings (SSSR count). The molecule has 0 unspecified atom stereocenters. The summed E-state index contributed by atoms with van der Waals surface area (Å²) in [6.07, 6.45) is 0. The third-order valence-electron chi connectivity index (χ3n) is 2.46. The number of nitrogens with two attached hydrogens (primary N) is 1. The van der Waals surface area contributed by atoms with Crippen LogP contribution in [-0.4, -0.2) is 16.5 Å². The van der Waals surface area contributed by atoms with Gasteiger partial charge in [0.25, 0.3) is 0 Å². The summed E-state index contributed by atoms with van der Waals surface area (Å²) in [6, 6.07) is 9.11. The highest BCUT2D eigenvalue weighted by atomic mass is 79.9. The number of rotatable bonds is 4.